The van der Waals surface area contributed by atoms with Gasteiger partial charge in [0.25, 0.3) is 5.91 Å². The molecule has 1 fully saturated rings. The summed E-state index contributed by atoms with van der Waals surface area (Å²) in [5.74, 6) is 0.0954. The summed E-state index contributed by atoms with van der Waals surface area (Å²) in [6.45, 7) is 8.23. The van der Waals surface area contributed by atoms with Crippen LogP contribution in [0.5, 0.6) is 0 Å². The van der Waals surface area contributed by atoms with Crippen molar-refractivity contribution in [3.63, 3.8) is 0 Å². The van der Waals surface area contributed by atoms with E-state index in [0.717, 1.165) is 42.3 Å². The van der Waals surface area contributed by atoms with Crippen molar-refractivity contribution in [2.45, 2.75) is 19.9 Å². The summed E-state index contributed by atoms with van der Waals surface area (Å²) in [5, 5.41) is 3.98. The second-order valence-corrected chi connectivity index (χ2v) is 8.71. The second-order valence-electron chi connectivity index (χ2n) is 7.49. The van der Waals surface area contributed by atoms with Crippen LogP contribution in [0.15, 0.2) is 47.3 Å². The molecule has 1 aliphatic rings. The summed E-state index contributed by atoms with van der Waals surface area (Å²) in [4.78, 5) is 23.1. The molecule has 4 rings (SSSR count). The highest BCUT2D eigenvalue weighted by atomic mass is 32.1. The monoisotopic (exact) mass is 410 g/mol. The molecule has 0 radical (unpaired) electrons. The number of nitrogens with one attached hydrogen (secondary N) is 1. The van der Waals surface area contributed by atoms with Crippen LogP contribution >= 0.6 is 11.3 Å². The van der Waals surface area contributed by atoms with Crippen LogP contribution in [0, 0.1) is 13.8 Å². The molecule has 1 saturated heterocycles. The Labute approximate surface area is 175 Å². The Bertz CT molecular complexity index is 960. The van der Waals surface area contributed by atoms with E-state index in [1.165, 1.54) is 16.7 Å². The number of amides is 1. The van der Waals surface area contributed by atoms with Crippen molar-refractivity contribution in [2.75, 3.05) is 38.5 Å². The van der Waals surface area contributed by atoms with Crippen molar-refractivity contribution in [1.29, 1.82) is 0 Å². The number of aromatic nitrogens is 1. The van der Waals surface area contributed by atoms with Gasteiger partial charge in [0.05, 0.1) is 12.3 Å². The summed E-state index contributed by atoms with van der Waals surface area (Å²) in [6, 6.07) is 7.56. The van der Waals surface area contributed by atoms with E-state index in [2.05, 4.69) is 47.1 Å². The largest absolute Gasteiger partial charge is 0.459 e. The van der Waals surface area contributed by atoms with Gasteiger partial charge in [0.1, 0.15) is 5.00 Å². The van der Waals surface area contributed by atoms with Gasteiger partial charge in [-0.05, 0) is 50.2 Å². The van der Waals surface area contributed by atoms with Crippen LogP contribution in [0.1, 0.15) is 38.2 Å². The van der Waals surface area contributed by atoms with Crippen molar-refractivity contribution in [3.8, 4) is 0 Å². The standard InChI is InChI=1S/C22H26N4O2S/c1-15-16(2)29-22(24-21(27)18-7-5-13-28-18)19(15)20(17-6-4-8-23-14-17)26-11-9-25(3)10-12-26/h4-8,13-14,20H,9-12H2,1-3H3,(H,24,27)/t20-/m1/s1. The van der Waals surface area contributed by atoms with Crippen molar-refractivity contribution >= 4 is 22.2 Å². The first-order chi connectivity index (χ1) is 14.0. The van der Waals surface area contributed by atoms with E-state index in [-0.39, 0.29) is 11.9 Å². The number of anilines is 1. The number of hydrogen-bond acceptors (Lipinski definition) is 6. The first-order valence-corrected chi connectivity index (χ1v) is 10.6. The van der Waals surface area contributed by atoms with Crippen LogP contribution in [0.4, 0.5) is 5.00 Å². The lowest BCUT2D eigenvalue weighted by Gasteiger charge is -2.38. The maximum atomic E-state index is 12.7. The average Bonchev–Trinajstić information content (AvgIpc) is 3.35. The molecule has 152 valence electrons. The molecule has 0 spiro atoms. The fraction of sp³-hybridized carbons (Fsp3) is 0.364. The number of hydrogen-bond donors (Lipinski definition) is 1. The minimum Gasteiger partial charge on any atom is -0.459 e. The van der Waals surface area contributed by atoms with E-state index in [4.69, 9.17) is 4.42 Å². The van der Waals surface area contributed by atoms with Gasteiger partial charge in [-0.2, -0.15) is 0 Å². The zero-order valence-electron chi connectivity index (χ0n) is 17.0. The smallest absolute Gasteiger partial charge is 0.291 e. The number of rotatable bonds is 5. The maximum absolute atomic E-state index is 12.7. The highest BCUT2D eigenvalue weighted by Crippen LogP contribution is 2.42. The van der Waals surface area contributed by atoms with Gasteiger partial charge < -0.3 is 14.6 Å². The molecular formula is C22H26N4O2S. The van der Waals surface area contributed by atoms with Gasteiger partial charge >= 0.3 is 0 Å². The molecule has 1 amide bonds. The molecule has 0 unspecified atom stereocenters. The number of carbonyl (C=O) groups is 1. The van der Waals surface area contributed by atoms with E-state index < -0.39 is 0 Å². The van der Waals surface area contributed by atoms with E-state index >= 15 is 0 Å². The van der Waals surface area contributed by atoms with Crippen molar-refractivity contribution in [2.24, 2.45) is 0 Å². The zero-order valence-corrected chi connectivity index (χ0v) is 17.8. The van der Waals surface area contributed by atoms with Crippen LogP contribution in [-0.4, -0.2) is 53.9 Å². The molecule has 7 heteroatoms. The summed E-state index contributed by atoms with van der Waals surface area (Å²) in [6.07, 6.45) is 5.26. The van der Waals surface area contributed by atoms with Gasteiger partial charge in [0.15, 0.2) is 5.76 Å². The topological polar surface area (TPSA) is 61.6 Å². The number of furan rings is 1. The van der Waals surface area contributed by atoms with Crippen LogP contribution in [-0.2, 0) is 0 Å². The number of piperazine rings is 1. The summed E-state index contributed by atoms with van der Waals surface area (Å²) in [5.41, 5.74) is 3.52. The fourth-order valence-electron chi connectivity index (χ4n) is 3.82. The van der Waals surface area contributed by atoms with Gasteiger partial charge in [-0.25, -0.2) is 0 Å². The van der Waals surface area contributed by atoms with E-state index in [9.17, 15) is 4.79 Å². The lowest BCUT2D eigenvalue weighted by Crippen LogP contribution is -2.46. The normalized spacial score (nSPS) is 16.7. The highest BCUT2D eigenvalue weighted by molar-refractivity contribution is 7.16. The average molecular weight is 411 g/mol. The van der Waals surface area contributed by atoms with Gasteiger partial charge in [-0.1, -0.05) is 6.07 Å². The van der Waals surface area contributed by atoms with Gasteiger partial charge in [-0.3, -0.25) is 14.7 Å². The number of pyridine rings is 1. The molecule has 29 heavy (non-hydrogen) atoms. The van der Waals surface area contributed by atoms with Gasteiger partial charge in [0.2, 0.25) is 0 Å². The molecule has 0 aromatic carbocycles. The third-order valence-electron chi connectivity index (χ3n) is 5.58. The van der Waals surface area contributed by atoms with Gasteiger partial charge in [0, 0.05) is 49.0 Å². The molecule has 0 bridgehead atoms. The number of likely N-dealkylation sites (N-methyl/N-ethyl adjacent to an activating group) is 1. The van der Waals surface area contributed by atoms with Crippen molar-refractivity contribution < 1.29 is 9.21 Å². The van der Waals surface area contributed by atoms with E-state index in [1.807, 2.05) is 12.3 Å². The number of aryl methyl sites for hydroxylation is 1. The van der Waals surface area contributed by atoms with E-state index in [0.29, 0.717) is 5.76 Å². The third kappa shape index (κ3) is 4.12. The first kappa shape index (κ1) is 19.8. The quantitative estimate of drug-likeness (QED) is 0.690. The number of nitrogens with zero attached hydrogens (tertiary/aromatic N) is 3. The molecule has 1 atom stereocenters. The molecule has 0 aliphatic carbocycles. The SMILES string of the molecule is Cc1sc(NC(=O)c2ccco2)c([C@@H](c2cccnc2)N2CCN(C)CC2)c1C. The van der Waals surface area contributed by atoms with Crippen molar-refractivity contribution in [1.82, 2.24) is 14.8 Å². The van der Waals surface area contributed by atoms with Crippen LogP contribution < -0.4 is 5.32 Å². The Kier molecular flexibility index (Phi) is 5.80. The van der Waals surface area contributed by atoms with Crippen LogP contribution in [0.3, 0.4) is 0 Å². The first-order valence-electron chi connectivity index (χ1n) is 9.82. The lowest BCUT2D eigenvalue weighted by molar-refractivity contribution is 0.0996. The second kappa shape index (κ2) is 8.49. The molecule has 0 saturated carbocycles. The predicted molar refractivity (Wildman–Crippen MR) is 116 cm³/mol. The van der Waals surface area contributed by atoms with E-state index in [1.54, 1.807) is 29.7 Å². The number of thiophene rings is 1. The molecule has 1 aliphatic heterocycles. The molecule has 6 nitrogen and oxygen atoms in total. The summed E-state index contributed by atoms with van der Waals surface area (Å²) < 4.78 is 5.28. The zero-order chi connectivity index (χ0) is 20.4. The minimum absolute atomic E-state index is 0.0502. The molecule has 4 heterocycles. The van der Waals surface area contributed by atoms with Crippen molar-refractivity contribution in [3.05, 3.63) is 70.3 Å². The Morgan fingerprint density at radius 2 is 2.00 bits per heavy atom. The Hall–Kier alpha value is -2.48. The van der Waals surface area contributed by atoms with Crippen LogP contribution in [0.25, 0.3) is 0 Å². The molecule has 3 aromatic heterocycles. The number of carbonyl (C=O) groups excluding carboxylic acids is 1. The minimum atomic E-state index is -0.221. The maximum Gasteiger partial charge on any atom is 0.291 e. The Morgan fingerprint density at radius 3 is 2.66 bits per heavy atom. The Balaban J connectivity index is 1.75. The highest BCUT2D eigenvalue weighted by Gasteiger charge is 2.31. The summed E-state index contributed by atoms with van der Waals surface area (Å²) in [7, 11) is 2.16. The Morgan fingerprint density at radius 1 is 1.21 bits per heavy atom. The van der Waals surface area contributed by atoms with Crippen LogP contribution in [0.2, 0.25) is 0 Å². The fourth-order valence-corrected chi connectivity index (χ4v) is 4.90. The molecular weight excluding hydrogens is 384 g/mol. The molecule has 1 N–H and O–H groups in total. The molecule has 3 aromatic rings. The summed E-state index contributed by atoms with van der Waals surface area (Å²) >= 11 is 1.62. The lowest BCUT2D eigenvalue weighted by atomic mass is 9.95. The predicted octanol–water partition coefficient (Wildman–Crippen LogP) is 3.94. The third-order valence-corrected chi connectivity index (χ3v) is 6.72. The van der Waals surface area contributed by atoms with Gasteiger partial charge in [-0.15, -0.1) is 11.3 Å².